The number of hydrogen-bond donors (Lipinski definition) is 0. The van der Waals surface area contributed by atoms with Gasteiger partial charge in [0.15, 0.2) is 0 Å². The minimum atomic E-state index is 0.456. The van der Waals surface area contributed by atoms with Gasteiger partial charge in [-0.1, -0.05) is 6.07 Å². The first-order valence-electron chi connectivity index (χ1n) is 6.43. The second kappa shape index (κ2) is 6.07. The maximum Gasteiger partial charge on any atom is 0.148 e. The fourth-order valence-electron chi connectivity index (χ4n) is 1.93. The smallest absolute Gasteiger partial charge is 0.148 e. The van der Waals surface area contributed by atoms with Gasteiger partial charge in [0.1, 0.15) is 28.9 Å². The van der Waals surface area contributed by atoms with Crippen LogP contribution in [0.3, 0.4) is 0 Å². The highest BCUT2D eigenvalue weighted by molar-refractivity contribution is 5.49. The van der Waals surface area contributed by atoms with Crippen LogP contribution in [0.1, 0.15) is 23.9 Å². The number of ether oxygens (including phenoxy) is 2. The maximum atomic E-state index is 9.21. The van der Waals surface area contributed by atoms with E-state index in [4.69, 9.17) is 9.47 Å². The Hall–Kier alpha value is -2.54. The van der Waals surface area contributed by atoms with Crippen LogP contribution in [0.4, 0.5) is 0 Å². The maximum absolute atomic E-state index is 9.21. The third kappa shape index (κ3) is 3.07. The summed E-state index contributed by atoms with van der Waals surface area (Å²) in [5, 5.41) is 9.21. The third-order valence-electron chi connectivity index (χ3n) is 2.75. The molecule has 0 aliphatic carbocycles. The van der Waals surface area contributed by atoms with Crippen LogP contribution in [0.2, 0.25) is 0 Å². The van der Waals surface area contributed by atoms with Crippen molar-refractivity contribution in [3.63, 3.8) is 0 Å². The molecule has 0 fully saturated rings. The Kier molecular flexibility index (Phi) is 4.21. The molecule has 0 aliphatic rings. The molecule has 2 aromatic rings. The second-order valence-corrected chi connectivity index (χ2v) is 4.34. The van der Waals surface area contributed by atoms with Crippen molar-refractivity contribution in [2.24, 2.45) is 0 Å². The fraction of sp³-hybridized carbons (Fsp3) is 0.250. The van der Waals surface area contributed by atoms with Crippen LogP contribution in [0.5, 0.6) is 17.2 Å². The molecule has 0 spiro atoms. The van der Waals surface area contributed by atoms with E-state index >= 15 is 0 Å². The number of aryl methyl sites for hydroxylation is 2. The van der Waals surface area contributed by atoms with Gasteiger partial charge in [0.2, 0.25) is 0 Å². The lowest BCUT2D eigenvalue weighted by atomic mass is 10.2. The van der Waals surface area contributed by atoms with Crippen molar-refractivity contribution in [3.8, 4) is 23.3 Å². The van der Waals surface area contributed by atoms with Crippen LogP contribution in [0, 0.1) is 25.2 Å². The van der Waals surface area contributed by atoms with Gasteiger partial charge in [0, 0.05) is 17.8 Å². The van der Waals surface area contributed by atoms with Crippen molar-refractivity contribution in [3.05, 3.63) is 47.3 Å². The minimum Gasteiger partial charge on any atom is -0.494 e. The Labute approximate surface area is 118 Å². The SMILES string of the molecule is CCOc1cccc(Oc2cc(C)nc(C)c2C#N)c1. The van der Waals surface area contributed by atoms with Crippen LogP contribution in [0.25, 0.3) is 0 Å². The summed E-state index contributed by atoms with van der Waals surface area (Å²) < 4.78 is 11.2. The monoisotopic (exact) mass is 268 g/mol. The Morgan fingerprint density at radius 3 is 2.65 bits per heavy atom. The van der Waals surface area contributed by atoms with Crippen molar-refractivity contribution < 1.29 is 9.47 Å². The largest absolute Gasteiger partial charge is 0.494 e. The van der Waals surface area contributed by atoms with Gasteiger partial charge >= 0.3 is 0 Å². The number of nitrogens with zero attached hydrogens (tertiary/aromatic N) is 2. The Bertz CT molecular complexity index is 660. The van der Waals surface area contributed by atoms with E-state index in [0.29, 0.717) is 29.4 Å². The molecule has 4 heteroatoms. The summed E-state index contributed by atoms with van der Waals surface area (Å²) in [4.78, 5) is 4.27. The van der Waals surface area contributed by atoms with Gasteiger partial charge in [0.25, 0.3) is 0 Å². The van der Waals surface area contributed by atoms with Gasteiger partial charge in [-0.3, -0.25) is 4.98 Å². The third-order valence-corrected chi connectivity index (χ3v) is 2.75. The van der Waals surface area contributed by atoms with Crippen LogP contribution >= 0.6 is 0 Å². The Balaban J connectivity index is 2.35. The molecule has 0 N–H and O–H groups in total. The summed E-state index contributed by atoms with van der Waals surface area (Å²) in [7, 11) is 0. The van der Waals surface area contributed by atoms with E-state index in [2.05, 4.69) is 11.1 Å². The van der Waals surface area contributed by atoms with Gasteiger partial charge in [0.05, 0.1) is 12.3 Å². The summed E-state index contributed by atoms with van der Waals surface area (Å²) in [6.45, 7) is 6.20. The van der Waals surface area contributed by atoms with Gasteiger partial charge in [-0.2, -0.15) is 5.26 Å². The predicted octanol–water partition coefficient (Wildman–Crippen LogP) is 3.76. The number of rotatable bonds is 4. The quantitative estimate of drug-likeness (QED) is 0.847. The lowest BCUT2D eigenvalue weighted by Crippen LogP contribution is -1.97. The fourth-order valence-corrected chi connectivity index (χ4v) is 1.93. The molecule has 0 radical (unpaired) electrons. The minimum absolute atomic E-state index is 0.456. The standard InChI is InChI=1S/C16H16N2O2/c1-4-19-13-6-5-7-14(9-13)20-16-8-11(2)18-12(3)15(16)10-17/h5-9H,4H2,1-3H3. The molecule has 4 nitrogen and oxygen atoms in total. The van der Waals surface area contributed by atoms with Crippen LogP contribution in [-0.2, 0) is 0 Å². The second-order valence-electron chi connectivity index (χ2n) is 4.34. The first kappa shape index (κ1) is 13.9. The van der Waals surface area contributed by atoms with Crippen molar-refractivity contribution >= 4 is 0 Å². The summed E-state index contributed by atoms with van der Waals surface area (Å²) in [6.07, 6.45) is 0. The highest BCUT2D eigenvalue weighted by Gasteiger charge is 2.10. The number of hydrogen-bond acceptors (Lipinski definition) is 4. The van der Waals surface area contributed by atoms with E-state index in [-0.39, 0.29) is 0 Å². The Morgan fingerprint density at radius 2 is 1.95 bits per heavy atom. The zero-order valence-electron chi connectivity index (χ0n) is 11.8. The van der Waals surface area contributed by atoms with Gasteiger partial charge in [-0.25, -0.2) is 0 Å². The molecule has 102 valence electrons. The number of pyridine rings is 1. The van der Waals surface area contributed by atoms with E-state index in [9.17, 15) is 5.26 Å². The molecule has 0 saturated heterocycles. The van der Waals surface area contributed by atoms with Gasteiger partial charge < -0.3 is 9.47 Å². The molecule has 20 heavy (non-hydrogen) atoms. The summed E-state index contributed by atoms with van der Waals surface area (Å²) in [6, 6.07) is 11.2. The number of benzene rings is 1. The predicted molar refractivity (Wildman–Crippen MR) is 76.1 cm³/mol. The molecular weight excluding hydrogens is 252 g/mol. The molecule has 0 aliphatic heterocycles. The lowest BCUT2D eigenvalue weighted by Gasteiger charge is -2.11. The topological polar surface area (TPSA) is 55.1 Å². The zero-order valence-corrected chi connectivity index (χ0v) is 11.8. The first-order valence-corrected chi connectivity index (χ1v) is 6.43. The summed E-state index contributed by atoms with van der Waals surface area (Å²) in [5.74, 6) is 1.90. The number of nitriles is 1. The zero-order chi connectivity index (χ0) is 14.5. The molecule has 0 amide bonds. The van der Waals surface area contributed by atoms with Crippen LogP contribution in [0.15, 0.2) is 30.3 Å². The molecule has 0 saturated carbocycles. The average molecular weight is 268 g/mol. The van der Waals surface area contributed by atoms with Crippen LogP contribution < -0.4 is 9.47 Å². The first-order chi connectivity index (χ1) is 9.63. The summed E-state index contributed by atoms with van der Waals surface area (Å²) >= 11 is 0. The van der Waals surface area contributed by atoms with Crippen LogP contribution in [-0.4, -0.2) is 11.6 Å². The molecule has 1 heterocycles. The van der Waals surface area contributed by atoms with E-state index in [1.54, 1.807) is 19.1 Å². The van der Waals surface area contributed by atoms with Crippen molar-refractivity contribution in [1.82, 2.24) is 4.98 Å². The average Bonchev–Trinajstić information content (AvgIpc) is 2.39. The van der Waals surface area contributed by atoms with E-state index in [0.717, 1.165) is 11.4 Å². The molecule has 0 unspecified atom stereocenters. The summed E-state index contributed by atoms with van der Waals surface area (Å²) in [5.41, 5.74) is 1.94. The van der Waals surface area contributed by atoms with Crippen molar-refractivity contribution in [2.75, 3.05) is 6.61 Å². The molecule has 1 aromatic heterocycles. The molecular formula is C16H16N2O2. The highest BCUT2D eigenvalue weighted by atomic mass is 16.5. The van der Waals surface area contributed by atoms with E-state index in [1.807, 2.05) is 32.0 Å². The molecule has 1 aromatic carbocycles. The van der Waals surface area contributed by atoms with E-state index in [1.165, 1.54) is 0 Å². The highest BCUT2D eigenvalue weighted by Crippen LogP contribution is 2.29. The number of aromatic nitrogens is 1. The Morgan fingerprint density at radius 1 is 1.20 bits per heavy atom. The van der Waals surface area contributed by atoms with Crippen molar-refractivity contribution in [1.29, 1.82) is 5.26 Å². The molecule has 2 rings (SSSR count). The lowest BCUT2D eigenvalue weighted by molar-refractivity contribution is 0.338. The van der Waals surface area contributed by atoms with Gasteiger partial charge in [-0.15, -0.1) is 0 Å². The van der Waals surface area contributed by atoms with Gasteiger partial charge in [-0.05, 0) is 32.9 Å². The normalized spacial score (nSPS) is 9.90. The van der Waals surface area contributed by atoms with Crippen molar-refractivity contribution in [2.45, 2.75) is 20.8 Å². The molecule has 0 atom stereocenters. The van der Waals surface area contributed by atoms with E-state index < -0.39 is 0 Å². The molecule has 0 bridgehead atoms.